The maximum atomic E-state index is 12.8. The largest absolute Gasteiger partial charge is 0.207 e. The second-order valence-electron chi connectivity index (χ2n) is 2.19. The summed E-state index contributed by atoms with van der Waals surface area (Å²) >= 11 is 3.20. The molecule has 0 bridgehead atoms. The fraction of sp³-hybridized carbons (Fsp3) is 0.111. The standard InChI is InChI=1S/C9H8BrF/c1-2-7-3-4-9(11)8(5-7)6-10/h2-5H,1,6H2. The van der Waals surface area contributed by atoms with E-state index < -0.39 is 0 Å². The van der Waals surface area contributed by atoms with Crippen LogP contribution in [-0.4, -0.2) is 0 Å². The van der Waals surface area contributed by atoms with Crippen molar-refractivity contribution in [3.63, 3.8) is 0 Å². The summed E-state index contributed by atoms with van der Waals surface area (Å²) in [6.07, 6.45) is 1.70. The molecule has 0 unspecified atom stereocenters. The molecule has 0 radical (unpaired) electrons. The van der Waals surface area contributed by atoms with E-state index in [1.807, 2.05) is 0 Å². The summed E-state index contributed by atoms with van der Waals surface area (Å²) in [6, 6.07) is 4.93. The zero-order valence-electron chi connectivity index (χ0n) is 5.98. The predicted molar refractivity (Wildman–Crippen MR) is 49.1 cm³/mol. The first-order chi connectivity index (χ1) is 5.27. The van der Waals surface area contributed by atoms with Crippen molar-refractivity contribution in [3.8, 4) is 0 Å². The molecule has 1 aromatic rings. The first kappa shape index (κ1) is 8.47. The molecule has 1 aromatic carbocycles. The highest BCUT2D eigenvalue weighted by Crippen LogP contribution is 2.14. The van der Waals surface area contributed by atoms with Crippen LogP contribution in [-0.2, 0) is 5.33 Å². The highest BCUT2D eigenvalue weighted by molar-refractivity contribution is 9.08. The van der Waals surface area contributed by atoms with Crippen molar-refractivity contribution < 1.29 is 4.39 Å². The molecule has 0 spiro atoms. The number of hydrogen-bond donors (Lipinski definition) is 0. The van der Waals surface area contributed by atoms with Gasteiger partial charge in [-0.1, -0.05) is 34.7 Å². The highest BCUT2D eigenvalue weighted by Gasteiger charge is 1.99. The molecule has 0 N–H and O–H groups in total. The maximum absolute atomic E-state index is 12.8. The normalized spacial score (nSPS) is 9.64. The van der Waals surface area contributed by atoms with Gasteiger partial charge in [0.05, 0.1) is 0 Å². The molecule has 11 heavy (non-hydrogen) atoms. The van der Waals surface area contributed by atoms with Gasteiger partial charge in [0.25, 0.3) is 0 Å². The van der Waals surface area contributed by atoms with Gasteiger partial charge in [-0.3, -0.25) is 0 Å². The Morgan fingerprint density at radius 2 is 2.27 bits per heavy atom. The molecule has 0 aromatic heterocycles. The monoisotopic (exact) mass is 214 g/mol. The van der Waals surface area contributed by atoms with Crippen LogP contribution in [0.15, 0.2) is 24.8 Å². The average molecular weight is 215 g/mol. The Labute approximate surface area is 73.9 Å². The SMILES string of the molecule is C=Cc1ccc(F)c(CBr)c1. The van der Waals surface area contributed by atoms with Crippen LogP contribution in [0.3, 0.4) is 0 Å². The summed E-state index contributed by atoms with van der Waals surface area (Å²) in [7, 11) is 0. The molecule has 0 saturated heterocycles. The Kier molecular flexibility index (Phi) is 2.83. The zero-order valence-corrected chi connectivity index (χ0v) is 7.57. The minimum absolute atomic E-state index is 0.174. The summed E-state index contributed by atoms with van der Waals surface area (Å²) < 4.78 is 12.8. The van der Waals surface area contributed by atoms with Crippen LogP contribution >= 0.6 is 15.9 Å². The van der Waals surface area contributed by atoms with E-state index in [4.69, 9.17) is 0 Å². The van der Waals surface area contributed by atoms with Crippen LogP contribution in [0.4, 0.5) is 4.39 Å². The fourth-order valence-electron chi connectivity index (χ4n) is 0.824. The second-order valence-corrected chi connectivity index (χ2v) is 2.75. The molecule has 0 heterocycles. The van der Waals surface area contributed by atoms with Gasteiger partial charge in [-0.15, -0.1) is 0 Å². The number of rotatable bonds is 2. The summed E-state index contributed by atoms with van der Waals surface area (Å²) in [5.41, 5.74) is 1.61. The lowest BCUT2D eigenvalue weighted by Crippen LogP contribution is -1.85. The third kappa shape index (κ3) is 1.90. The molecule has 0 aliphatic heterocycles. The molecule has 1 rings (SSSR count). The van der Waals surface area contributed by atoms with Gasteiger partial charge in [0.15, 0.2) is 0 Å². The van der Waals surface area contributed by atoms with E-state index in [0.717, 1.165) is 5.56 Å². The van der Waals surface area contributed by atoms with Crippen molar-refractivity contribution in [2.24, 2.45) is 0 Å². The molecule has 0 aliphatic rings. The third-order valence-corrected chi connectivity index (χ3v) is 2.05. The van der Waals surface area contributed by atoms with Gasteiger partial charge in [0.1, 0.15) is 5.82 Å². The minimum atomic E-state index is -0.174. The van der Waals surface area contributed by atoms with Crippen molar-refractivity contribution in [2.75, 3.05) is 0 Å². The van der Waals surface area contributed by atoms with Crippen LogP contribution < -0.4 is 0 Å². The van der Waals surface area contributed by atoms with Crippen LogP contribution in [0.25, 0.3) is 6.08 Å². The molecule has 0 aliphatic carbocycles. The lowest BCUT2D eigenvalue weighted by atomic mass is 10.1. The van der Waals surface area contributed by atoms with Crippen LogP contribution in [0.1, 0.15) is 11.1 Å². The smallest absolute Gasteiger partial charge is 0.127 e. The summed E-state index contributed by atoms with van der Waals surface area (Å²) in [6.45, 7) is 3.60. The summed E-state index contributed by atoms with van der Waals surface area (Å²) in [4.78, 5) is 0. The van der Waals surface area contributed by atoms with Gasteiger partial charge in [0.2, 0.25) is 0 Å². The van der Waals surface area contributed by atoms with Crippen molar-refractivity contribution in [2.45, 2.75) is 5.33 Å². The van der Waals surface area contributed by atoms with Gasteiger partial charge in [0, 0.05) is 5.33 Å². The molecular weight excluding hydrogens is 207 g/mol. The minimum Gasteiger partial charge on any atom is -0.207 e. The van der Waals surface area contributed by atoms with Gasteiger partial charge in [-0.25, -0.2) is 4.39 Å². The van der Waals surface area contributed by atoms with E-state index in [0.29, 0.717) is 10.9 Å². The lowest BCUT2D eigenvalue weighted by molar-refractivity contribution is 0.617. The molecule has 58 valence electrons. The van der Waals surface area contributed by atoms with Gasteiger partial charge >= 0.3 is 0 Å². The van der Waals surface area contributed by atoms with E-state index in [2.05, 4.69) is 22.5 Å². The molecule has 0 fully saturated rings. The number of hydrogen-bond acceptors (Lipinski definition) is 0. The van der Waals surface area contributed by atoms with Gasteiger partial charge in [-0.2, -0.15) is 0 Å². The Hall–Kier alpha value is -0.630. The second kappa shape index (κ2) is 3.67. The summed E-state index contributed by atoms with van der Waals surface area (Å²) in [5, 5.41) is 0.542. The van der Waals surface area contributed by atoms with Crippen LogP contribution in [0, 0.1) is 5.82 Å². The van der Waals surface area contributed by atoms with Gasteiger partial charge in [-0.05, 0) is 23.3 Å². The maximum Gasteiger partial charge on any atom is 0.127 e. The van der Waals surface area contributed by atoms with Crippen molar-refractivity contribution in [1.82, 2.24) is 0 Å². The average Bonchev–Trinajstić information content (AvgIpc) is 2.05. The third-order valence-electron chi connectivity index (χ3n) is 1.45. The van der Waals surface area contributed by atoms with Crippen molar-refractivity contribution in [1.29, 1.82) is 0 Å². The van der Waals surface area contributed by atoms with E-state index in [-0.39, 0.29) is 5.82 Å². The fourth-order valence-corrected chi connectivity index (χ4v) is 1.25. The van der Waals surface area contributed by atoms with E-state index in [1.165, 1.54) is 6.07 Å². The highest BCUT2D eigenvalue weighted by atomic mass is 79.9. The van der Waals surface area contributed by atoms with Gasteiger partial charge < -0.3 is 0 Å². The molecule has 0 amide bonds. The molecule has 0 atom stereocenters. The number of halogens is 2. The Morgan fingerprint density at radius 3 is 2.82 bits per heavy atom. The van der Waals surface area contributed by atoms with Crippen LogP contribution in [0.2, 0.25) is 0 Å². The molecule has 2 heteroatoms. The summed E-state index contributed by atoms with van der Waals surface area (Å²) in [5.74, 6) is -0.174. The topological polar surface area (TPSA) is 0 Å². The van der Waals surface area contributed by atoms with Crippen molar-refractivity contribution in [3.05, 3.63) is 41.7 Å². The zero-order chi connectivity index (χ0) is 8.27. The Morgan fingerprint density at radius 1 is 1.55 bits per heavy atom. The quantitative estimate of drug-likeness (QED) is 0.663. The number of alkyl halides is 1. The molecule has 0 nitrogen and oxygen atoms in total. The van der Waals surface area contributed by atoms with E-state index in [1.54, 1.807) is 18.2 Å². The Balaban J connectivity index is 3.12. The lowest BCUT2D eigenvalue weighted by Gasteiger charge is -1.99. The van der Waals surface area contributed by atoms with Crippen molar-refractivity contribution >= 4 is 22.0 Å². The molecular formula is C9H8BrF. The predicted octanol–water partition coefficient (Wildman–Crippen LogP) is 3.36. The van der Waals surface area contributed by atoms with E-state index in [9.17, 15) is 4.39 Å². The Bertz CT molecular complexity index is 268. The first-order valence-corrected chi connectivity index (χ1v) is 4.37. The number of benzene rings is 1. The van der Waals surface area contributed by atoms with Crippen LogP contribution in [0.5, 0.6) is 0 Å². The first-order valence-electron chi connectivity index (χ1n) is 3.24. The molecule has 0 saturated carbocycles. The van der Waals surface area contributed by atoms with E-state index >= 15 is 0 Å².